The Morgan fingerprint density at radius 3 is 2.64 bits per heavy atom. The first kappa shape index (κ1) is 7.10. The summed E-state index contributed by atoms with van der Waals surface area (Å²) < 4.78 is 0. The lowest BCUT2D eigenvalue weighted by Crippen LogP contribution is -2.36. The van der Waals surface area contributed by atoms with Crippen molar-refractivity contribution in [3.8, 4) is 0 Å². The van der Waals surface area contributed by atoms with Gasteiger partial charge in [0.05, 0.1) is 13.2 Å². The summed E-state index contributed by atoms with van der Waals surface area (Å²) in [5.74, 6) is 0.502. The molecule has 1 amide bonds. The minimum absolute atomic E-state index is 0.216. The number of nitrogens with zero attached hydrogens (tertiary/aromatic N) is 1. The molecule has 1 saturated carbocycles. The van der Waals surface area contributed by atoms with Crippen molar-refractivity contribution in [3.63, 3.8) is 0 Å². The Balaban J connectivity index is 1.87. The van der Waals surface area contributed by atoms with E-state index in [1.165, 1.54) is 6.42 Å². The summed E-state index contributed by atoms with van der Waals surface area (Å²) in [5, 5.41) is 1.55. The molecule has 0 bridgehead atoms. The van der Waals surface area contributed by atoms with Crippen molar-refractivity contribution in [2.75, 3.05) is 13.2 Å². The molecule has 2 rings (SSSR count). The molecule has 1 aliphatic heterocycles. The summed E-state index contributed by atoms with van der Waals surface area (Å²) in [4.78, 5) is 16.6. The van der Waals surface area contributed by atoms with Crippen molar-refractivity contribution in [3.05, 3.63) is 0 Å². The Kier molecular flexibility index (Phi) is 1.82. The highest BCUT2D eigenvalue weighted by molar-refractivity contribution is 5.78. The van der Waals surface area contributed by atoms with Crippen LogP contribution >= 0.6 is 0 Å². The van der Waals surface area contributed by atoms with Crippen molar-refractivity contribution in [2.45, 2.75) is 25.7 Å². The first-order chi connectivity index (χ1) is 5.38. The first-order valence-corrected chi connectivity index (χ1v) is 4.32. The lowest BCUT2D eigenvalue weighted by molar-refractivity contribution is -0.176. The van der Waals surface area contributed by atoms with Gasteiger partial charge in [-0.25, -0.2) is 5.06 Å². The van der Waals surface area contributed by atoms with Crippen molar-refractivity contribution in [2.24, 2.45) is 5.92 Å². The fourth-order valence-corrected chi connectivity index (χ4v) is 1.48. The number of carbonyl (C=O) groups excluding carboxylic acids is 1. The molecule has 1 heterocycles. The summed E-state index contributed by atoms with van der Waals surface area (Å²) >= 11 is 0. The monoisotopic (exact) mass is 155 g/mol. The van der Waals surface area contributed by atoms with E-state index < -0.39 is 0 Å². The molecular formula is C8H13NO2. The molecule has 3 heteroatoms. The Morgan fingerprint density at radius 1 is 1.36 bits per heavy atom. The topological polar surface area (TPSA) is 29.5 Å². The average Bonchev–Trinajstić information content (AvgIpc) is 2.32. The van der Waals surface area contributed by atoms with Gasteiger partial charge in [0.15, 0.2) is 0 Å². The number of amides is 1. The van der Waals surface area contributed by atoms with Crippen molar-refractivity contribution in [1.82, 2.24) is 5.06 Å². The zero-order valence-corrected chi connectivity index (χ0v) is 6.58. The Bertz CT molecular complexity index is 159. The molecule has 0 aromatic rings. The van der Waals surface area contributed by atoms with E-state index in [9.17, 15) is 4.79 Å². The molecule has 0 aromatic carbocycles. The van der Waals surface area contributed by atoms with E-state index in [0.29, 0.717) is 0 Å². The fourth-order valence-electron chi connectivity index (χ4n) is 1.48. The number of hydroxylamine groups is 2. The molecule has 1 saturated heterocycles. The molecule has 0 aromatic heterocycles. The Hall–Kier alpha value is -0.570. The van der Waals surface area contributed by atoms with Crippen LogP contribution in [0.15, 0.2) is 0 Å². The van der Waals surface area contributed by atoms with Crippen LogP contribution in [0.25, 0.3) is 0 Å². The molecule has 3 nitrogen and oxygen atoms in total. The van der Waals surface area contributed by atoms with Crippen LogP contribution < -0.4 is 0 Å². The summed E-state index contributed by atoms with van der Waals surface area (Å²) in [6.45, 7) is 1.52. The zero-order chi connectivity index (χ0) is 7.68. The molecule has 1 aliphatic carbocycles. The Morgan fingerprint density at radius 2 is 2.18 bits per heavy atom. The fraction of sp³-hybridized carbons (Fsp3) is 0.875. The van der Waals surface area contributed by atoms with Gasteiger partial charge >= 0.3 is 0 Å². The van der Waals surface area contributed by atoms with Gasteiger partial charge in [-0.3, -0.25) is 9.63 Å². The summed E-state index contributed by atoms with van der Waals surface area (Å²) in [6, 6.07) is 0. The Labute approximate surface area is 66.3 Å². The molecule has 0 atom stereocenters. The van der Waals surface area contributed by atoms with Crippen molar-refractivity contribution in [1.29, 1.82) is 0 Å². The van der Waals surface area contributed by atoms with Gasteiger partial charge in [-0.05, 0) is 19.3 Å². The summed E-state index contributed by atoms with van der Waals surface area (Å²) in [5.41, 5.74) is 0. The number of carbonyl (C=O) groups is 1. The smallest absolute Gasteiger partial charge is 0.249 e. The van der Waals surface area contributed by atoms with Gasteiger partial charge in [0, 0.05) is 5.92 Å². The van der Waals surface area contributed by atoms with Crippen LogP contribution in [0.4, 0.5) is 0 Å². The first-order valence-electron chi connectivity index (χ1n) is 4.32. The average molecular weight is 155 g/mol. The number of hydrogen-bond acceptors (Lipinski definition) is 2. The quantitative estimate of drug-likeness (QED) is 0.564. The minimum Gasteiger partial charge on any atom is -0.272 e. The maximum Gasteiger partial charge on any atom is 0.249 e. The van der Waals surface area contributed by atoms with Gasteiger partial charge in [-0.15, -0.1) is 0 Å². The molecule has 11 heavy (non-hydrogen) atoms. The molecular weight excluding hydrogens is 142 g/mol. The third-order valence-corrected chi connectivity index (χ3v) is 2.45. The molecule has 0 radical (unpaired) electrons. The second kappa shape index (κ2) is 2.81. The highest BCUT2D eigenvalue weighted by Gasteiger charge is 2.31. The predicted octanol–water partition coefficient (Wildman–Crippen LogP) is 0.950. The van der Waals surface area contributed by atoms with Crippen LogP contribution in [0.5, 0.6) is 0 Å². The van der Waals surface area contributed by atoms with Gasteiger partial charge in [0.2, 0.25) is 5.91 Å². The van der Waals surface area contributed by atoms with E-state index in [1.54, 1.807) is 5.06 Å². The van der Waals surface area contributed by atoms with Crippen LogP contribution in [-0.2, 0) is 9.63 Å². The summed E-state index contributed by atoms with van der Waals surface area (Å²) in [6.07, 6.45) is 4.35. The second-order valence-electron chi connectivity index (χ2n) is 3.25. The highest BCUT2D eigenvalue weighted by atomic mass is 16.7. The van der Waals surface area contributed by atoms with Crippen LogP contribution in [0, 0.1) is 5.92 Å². The standard InChI is InChI=1S/C8H13NO2/c10-8(7-3-1-4-7)9-5-2-6-11-9/h7H,1-6H2. The molecule has 0 unspecified atom stereocenters. The minimum atomic E-state index is 0.216. The molecule has 2 aliphatic rings. The number of hydrogen-bond donors (Lipinski definition) is 0. The third-order valence-electron chi connectivity index (χ3n) is 2.45. The summed E-state index contributed by atoms with van der Waals surface area (Å²) in [7, 11) is 0. The van der Waals surface area contributed by atoms with Crippen LogP contribution in [0.1, 0.15) is 25.7 Å². The SMILES string of the molecule is O=C(C1CCC1)N1CCCO1. The van der Waals surface area contributed by atoms with E-state index in [4.69, 9.17) is 4.84 Å². The predicted molar refractivity (Wildman–Crippen MR) is 39.6 cm³/mol. The van der Waals surface area contributed by atoms with Gasteiger partial charge in [0.1, 0.15) is 0 Å². The van der Waals surface area contributed by atoms with Crippen LogP contribution in [0.2, 0.25) is 0 Å². The van der Waals surface area contributed by atoms with Gasteiger partial charge < -0.3 is 0 Å². The normalized spacial score (nSPS) is 25.3. The van der Waals surface area contributed by atoms with Gasteiger partial charge in [0.25, 0.3) is 0 Å². The van der Waals surface area contributed by atoms with E-state index in [0.717, 1.165) is 32.4 Å². The second-order valence-corrected chi connectivity index (χ2v) is 3.25. The lowest BCUT2D eigenvalue weighted by atomic mass is 9.85. The molecule has 0 spiro atoms. The third kappa shape index (κ3) is 1.25. The van der Waals surface area contributed by atoms with Crippen molar-refractivity contribution >= 4 is 5.91 Å². The van der Waals surface area contributed by atoms with Crippen LogP contribution in [-0.4, -0.2) is 24.1 Å². The van der Waals surface area contributed by atoms with E-state index in [2.05, 4.69) is 0 Å². The van der Waals surface area contributed by atoms with Gasteiger partial charge in [-0.1, -0.05) is 6.42 Å². The largest absolute Gasteiger partial charge is 0.272 e. The van der Waals surface area contributed by atoms with Crippen LogP contribution in [0.3, 0.4) is 0 Å². The molecule has 62 valence electrons. The maximum atomic E-state index is 11.4. The molecule has 2 fully saturated rings. The van der Waals surface area contributed by atoms with Gasteiger partial charge in [-0.2, -0.15) is 0 Å². The van der Waals surface area contributed by atoms with Crippen molar-refractivity contribution < 1.29 is 9.63 Å². The number of rotatable bonds is 1. The van der Waals surface area contributed by atoms with E-state index in [-0.39, 0.29) is 11.8 Å². The van der Waals surface area contributed by atoms with E-state index >= 15 is 0 Å². The highest BCUT2D eigenvalue weighted by Crippen LogP contribution is 2.29. The maximum absolute atomic E-state index is 11.4. The molecule has 0 N–H and O–H groups in total. The zero-order valence-electron chi connectivity index (χ0n) is 6.58. The lowest BCUT2D eigenvalue weighted by Gasteiger charge is -2.27. The van der Waals surface area contributed by atoms with E-state index in [1.807, 2.05) is 0 Å².